The van der Waals surface area contributed by atoms with Gasteiger partial charge in [-0.15, -0.1) is 5.10 Å². The Hall–Kier alpha value is -2.10. The molecule has 0 amide bonds. The molecule has 0 aliphatic heterocycles. The van der Waals surface area contributed by atoms with Gasteiger partial charge in [-0.25, -0.2) is 0 Å². The van der Waals surface area contributed by atoms with Crippen LogP contribution in [-0.4, -0.2) is 10.2 Å². The number of hydrazine groups is 1. The van der Waals surface area contributed by atoms with Crippen molar-refractivity contribution in [1.82, 2.24) is 15.6 Å². The lowest BCUT2D eigenvalue weighted by Gasteiger charge is -2.17. The van der Waals surface area contributed by atoms with Crippen LogP contribution in [0.1, 0.15) is 12.8 Å². The van der Waals surface area contributed by atoms with Gasteiger partial charge in [-0.3, -0.25) is 5.43 Å². The highest BCUT2D eigenvalue weighted by Crippen LogP contribution is 2.20. The van der Waals surface area contributed by atoms with Crippen molar-refractivity contribution in [3.63, 3.8) is 0 Å². The van der Waals surface area contributed by atoms with Crippen molar-refractivity contribution in [3.05, 3.63) is 42.2 Å². The minimum atomic E-state index is 0.769. The average molecular weight is 212 g/mol. The lowest BCUT2D eigenvalue weighted by atomic mass is 10.1. The molecule has 80 valence electrons. The first-order valence-electron chi connectivity index (χ1n) is 5.35. The fourth-order valence-corrected chi connectivity index (χ4v) is 1.66. The molecule has 1 heterocycles. The predicted octanol–water partition coefficient (Wildman–Crippen LogP) is 2.22. The summed E-state index contributed by atoms with van der Waals surface area (Å²) in [5, 5.41) is 10.2. The van der Waals surface area contributed by atoms with Crippen molar-refractivity contribution >= 4 is 16.6 Å². The third-order valence-corrected chi connectivity index (χ3v) is 2.72. The third kappa shape index (κ3) is 1.58. The van der Waals surface area contributed by atoms with Crippen LogP contribution in [0.15, 0.2) is 42.2 Å². The number of aromatic nitrogens is 2. The zero-order chi connectivity index (χ0) is 10.8. The molecular formula is C12H12N4. The van der Waals surface area contributed by atoms with E-state index in [4.69, 9.17) is 0 Å². The van der Waals surface area contributed by atoms with Crippen LogP contribution >= 0.6 is 0 Å². The van der Waals surface area contributed by atoms with E-state index in [2.05, 4.69) is 27.1 Å². The van der Waals surface area contributed by atoms with Gasteiger partial charge in [0.05, 0.1) is 6.20 Å². The second-order valence-corrected chi connectivity index (χ2v) is 3.80. The molecule has 16 heavy (non-hydrogen) atoms. The first-order valence-corrected chi connectivity index (χ1v) is 5.35. The summed E-state index contributed by atoms with van der Waals surface area (Å²) in [6, 6.07) is 8.05. The van der Waals surface area contributed by atoms with E-state index in [1.165, 1.54) is 5.70 Å². The molecule has 4 heteroatoms. The SMILES string of the molecule is C1=C(NNc2nncc3ccccc23)CC1. The van der Waals surface area contributed by atoms with E-state index in [0.29, 0.717) is 0 Å². The van der Waals surface area contributed by atoms with Gasteiger partial charge in [0.1, 0.15) is 0 Å². The molecule has 0 unspecified atom stereocenters. The van der Waals surface area contributed by atoms with Gasteiger partial charge in [0.2, 0.25) is 0 Å². The lowest BCUT2D eigenvalue weighted by molar-refractivity contribution is 0.757. The zero-order valence-electron chi connectivity index (χ0n) is 8.77. The predicted molar refractivity (Wildman–Crippen MR) is 63.6 cm³/mol. The Morgan fingerprint density at radius 1 is 1.12 bits per heavy atom. The molecule has 1 aliphatic rings. The summed E-state index contributed by atoms with van der Waals surface area (Å²) in [5.41, 5.74) is 7.45. The highest BCUT2D eigenvalue weighted by molar-refractivity contribution is 5.90. The number of allylic oxidation sites excluding steroid dienone is 2. The highest BCUT2D eigenvalue weighted by atomic mass is 15.4. The molecule has 1 aromatic heterocycles. The monoisotopic (exact) mass is 212 g/mol. The first kappa shape index (κ1) is 9.15. The van der Waals surface area contributed by atoms with Gasteiger partial charge in [-0.1, -0.05) is 30.3 Å². The summed E-state index contributed by atoms with van der Waals surface area (Å²) in [4.78, 5) is 0. The minimum Gasteiger partial charge on any atom is -0.304 e. The maximum Gasteiger partial charge on any atom is 0.174 e. The van der Waals surface area contributed by atoms with Gasteiger partial charge >= 0.3 is 0 Å². The Morgan fingerprint density at radius 2 is 2.00 bits per heavy atom. The number of hydrogen-bond acceptors (Lipinski definition) is 4. The summed E-state index contributed by atoms with van der Waals surface area (Å²) in [5.74, 6) is 0.769. The maximum absolute atomic E-state index is 4.09. The molecule has 0 spiro atoms. The molecule has 0 radical (unpaired) electrons. The average Bonchev–Trinajstić information content (AvgIpc) is 2.27. The van der Waals surface area contributed by atoms with Crippen molar-refractivity contribution in [3.8, 4) is 0 Å². The molecule has 0 bridgehead atoms. The van der Waals surface area contributed by atoms with Crippen LogP contribution < -0.4 is 10.9 Å². The first-order chi connectivity index (χ1) is 7.93. The molecule has 0 saturated carbocycles. The van der Waals surface area contributed by atoms with Crippen LogP contribution in [0, 0.1) is 0 Å². The summed E-state index contributed by atoms with van der Waals surface area (Å²) < 4.78 is 0. The number of nitrogens with zero attached hydrogens (tertiary/aromatic N) is 2. The standard InChI is InChI=1S/C12H12N4/c1-2-7-11-9(4-1)8-13-15-12(11)16-14-10-5-3-6-10/h1-2,4-5,7-8,14H,3,6H2,(H,15,16). The third-order valence-electron chi connectivity index (χ3n) is 2.72. The van der Waals surface area contributed by atoms with Crippen molar-refractivity contribution in [1.29, 1.82) is 0 Å². The van der Waals surface area contributed by atoms with Crippen LogP contribution in [0.3, 0.4) is 0 Å². The van der Waals surface area contributed by atoms with Crippen LogP contribution in [0.5, 0.6) is 0 Å². The quantitative estimate of drug-likeness (QED) is 0.766. The van der Waals surface area contributed by atoms with E-state index in [-0.39, 0.29) is 0 Å². The number of nitrogens with one attached hydrogen (secondary N) is 2. The normalized spacial score (nSPS) is 14.1. The topological polar surface area (TPSA) is 49.8 Å². The molecule has 0 atom stereocenters. The largest absolute Gasteiger partial charge is 0.304 e. The van der Waals surface area contributed by atoms with Crippen LogP contribution in [0.2, 0.25) is 0 Å². The van der Waals surface area contributed by atoms with Gasteiger partial charge in [-0.2, -0.15) is 5.10 Å². The Bertz CT molecular complexity index is 542. The van der Waals surface area contributed by atoms with Crippen LogP contribution in [0.25, 0.3) is 10.8 Å². The second kappa shape index (κ2) is 3.81. The number of rotatable bonds is 3. The Balaban J connectivity index is 1.90. The number of anilines is 1. The summed E-state index contributed by atoms with van der Waals surface area (Å²) in [7, 11) is 0. The molecule has 2 aromatic rings. The smallest absolute Gasteiger partial charge is 0.174 e. The Labute approximate surface area is 93.4 Å². The number of benzene rings is 1. The van der Waals surface area contributed by atoms with E-state index >= 15 is 0 Å². The van der Waals surface area contributed by atoms with Crippen LogP contribution in [0.4, 0.5) is 5.82 Å². The maximum atomic E-state index is 4.09. The molecule has 3 rings (SSSR count). The summed E-state index contributed by atoms with van der Waals surface area (Å²) in [6.45, 7) is 0. The lowest BCUT2D eigenvalue weighted by Crippen LogP contribution is -2.24. The van der Waals surface area contributed by atoms with Crippen molar-refractivity contribution in [2.75, 3.05) is 5.43 Å². The van der Waals surface area contributed by atoms with Gasteiger partial charge in [0.15, 0.2) is 5.82 Å². The molecular weight excluding hydrogens is 200 g/mol. The number of fused-ring (bicyclic) bond motifs is 1. The van der Waals surface area contributed by atoms with Gasteiger partial charge < -0.3 is 5.43 Å². The molecule has 1 aliphatic carbocycles. The fourth-order valence-electron chi connectivity index (χ4n) is 1.66. The minimum absolute atomic E-state index is 0.769. The number of hydrogen-bond donors (Lipinski definition) is 2. The molecule has 1 aromatic carbocycles. The molecule has 0 fully saturated rings. The molecule has 4 nitrogen and oxygen atoms in total. The van der Waals surface area contributed by atoms with Gasteiger partial charge in [0.25, 0.3) is 0 Å². The van der Waals surface area contributed by atoms with E-state index in [1.54, 1.807) is 6.20 Å². The van der Waals surface area contributed by atoms with Gasteiger partial charge in [-0.05, 0) is 12.8 Å². The Morgan fingerprint density at radius 3 is 2.81 bits per heavy atom. The zero-order valence-corrected chi connectivity index (χ0v) is 8.77. The molecule has 0 saturated heterocycles. The van der Waals surface area contributed by atoms with E-state index < -0.39 is 0 Å². The van der Waals surface area contributed by atoms with E-state index in [9.17, 15) is 0 Å². The van der Waals surface area contributed by atoms with Crippen molar-refractivity contribution < 1.29 is 0 Å². The molecule has 2 N–H and O–H groups in total. The van der Waals surface area contributed by atoms with Crippen molar-refractivity contribution in [2.24, 2.45) is 0 Å². The van der Waals surface area contributed by atoms with Gasteiger partial charge in [0, 0.05) is 16.5 Å². The fraction of sp³-hybridized carbons (Fsp3) is 0.167. The Kier molecular flexibility index (Phi) is 2.18. The van der Waals surface area contributed by atoms with Crippen LogP contribution in [-0.2, 0) is 0 Å². The second-order valence-electron chi connectivity index (χ2n) is 3.80. The van der Waals surface area contributed by atoms with E-state index in [1.807, 2.05) is 24.3 Å². The highest BCUT2D eigenvalue weighted by Gasteiger charge is 2.06. The van der Waals surface area contributed by atoms with Crippen molar-refractivity contribution in [2.45, 2.75) is 12.8 Å². The summed E-state index contributed by atoms with van der Waals surface area (Å²) in [6.07, 6.45) is 6.19. The summed E-state index contributed by atoms with van der Waals surface area (Å²) >= 11 is 0. The van der Waals surface area contributed by atoms with E-state index in [0.717, 1.165) is 29.4 Å².